The topological polar surface area (TPSA) is 0 Å². The average molecular weight is 303 g/mol. The van der Waals surface area contributed by atoms with Crippen LogP contribution in [0.3, 0.4) is 0 Å². The zero-order chi connectivity index (χ0) is 12.0. The number of aryl methyl sites for hydroxylation is 1. The van der Waals surface area contributed by atoms with E-state index in [4.69, 9.17) is 0 Å². The lowest BCUT2D eigenvalue weighted by Gasteiger charge is -2.11. The summed E-state index contributed by atoms with van der Waals surface area (Å²) in [5, 5.41) is 2.17. The molecule has 1 rings (SSSR count). The van der Waals surface area contributed by atoms with Crippen LogP contribution in [0.5, 0.6) is 0 Å². The van der Waals surface area contributed by atoms with Crippen LogP contribution >= 0.6 is 27.3 Å². The van der Waals surface area contributed by atoms with Gasteiger partial charge >= 0.3 is 0 Å². The third kappa shape index (κ3) is 5.49. The number of halogens is 1. The maximum absolute atomic E-state index is 3.61. The summed E-state index contributed by atoms with van der Waals surface area (Å²) in [6.07, 6.45) is 6.72. The van der Waals surface area contributed by atoms with Gasteiger partial charge in [-0.25, -0.2) is 0 Å². The zero-order valence-corrected chi connectivity index (χ0v) is 13.0. The third-order valence-corrected chi connectivity index (χ3v) is 4.89. The van der Waals surface area contributed by atoms with Gasteiger partial charge in [-0.3, -0.25) is 0 Å². The molecule has 1 aromatic rings. The second kappa shape index (κ2) is 7.50. The molecule has 0 saturated heterocycles. The summed E-state index contributed by atoms with van der Waals surface area (Å²) in [5.74, 6) is 1.73. The summed E-state index contributed by atoms with van der Waals surface area (Å²) in [4.78, 5) is 0. The van der Waals surface area contributed by atoms with Crippen molar-refractivity contribution in [3.05, 3.63) is 20.8 Å². The molecule has 0 unspecified atom stereocenters. The molecule has 0 aliphatic heterocycles. The fraction of sp³-hybridized carbons (Fsp3) is 0.714. The van der Waals surface area contributed by atoms with Crippen LogP contribution in [0, 0.1) is 11.8 Å². The molecule has 0 fully saturated rings. The van der Waals surface area contributed by atoms with Crippen molar-refractivity contribution >= 4 is 27.3 Å². The Morgan fingerprint density at radius 2 is 1.94 bits per heavy atom. The van der Waals surface area contributed by atoms with E-state index in [0.29, 0.717) is 0 Å². The minimum Gasteiger partial charge on any atom is -0.137 e. The van der Waals surface area contributed by atoms with Crippen LogP contribution in [0.15, 0.2) is 15.2 Å². The van der Waals surface area contributed by atoms with Crippen LogP contribution in [0.2, 0.25) is 0 Å². The van der Waals surface area contributed by atoms with Crippen LogP contribution in [-0.2, 0) is 6.42 Å². The van der Waals surface area contributed by atoms with Crippen molar-refractivity contribution in [2.75, 3.05) is 0 Å². The molecule has 0 aliphatic carbocycles. The van der Waals surface area contributed by atoms with E-state index in [0.717, 1.165) is 11.8 Å². The lowest BCUT2D eigenvalue weighted by atomic mass is 9.95. The van der Waals surface area contributed by atoms with Gasteiger partial charge in [-0.05, 0) is 57.6 Å². The van der Waals surface area contributed by atoms with Gasteiger partial charge in [-0.1, -0.05) is 40.0 Å². The zero-order valence-electron chi connectivity index (χ0n) is 10.6. The van der Waals surface area contributed by atoms with Crippen LogP contribution in [0.25, 0.3) is 0 Å². The van der Waals surface area contributed by atoms with E-state index in [9.17, 15) is 0 Å². The fourth-order valence-corrected chi connectivity index (χ4v) is 3.25. The van der Waals surface area contributed by atoms with E-state index in [2.05, 4.69) is 48.1 Å². The normalized spacial score (nSPS) is 13.3. The van der Waals surface area contributed by atoms with Gasteiger partial charge in [-0.2, -0.15) is 0 Å². The maximum atomic E-state index is 3.61. The molecule has 0 aliphatic rings. The van der Waals surface area contributed by atoms with Gasteiger partial charge < -0.3 is 0 Å². The SMILES string of the molecule is CC(C)CCC[C@H](C)CCc1ccsc1Br. The monoisotopic (exact) mass is 302 g/mol. The Morgan fingerprint density at radius 3 is 2.50 bits per heavy atom. The third-order valence-electron chi connectivity index (χ3n) is 3.08. The van der Waals surface area contributed by atoms with Crippen LogP contribution in [-0.4, -0.2) is 0 Å². The van der Waals surface area contributed by atoms with E-state index in [1.807, 2.05) is 0 Å². The molecule has 0 N–H and O–H groups in total. The van der Waals surface area contributed by atoms with E-state index in [1.165, 1.54) is 41.5 Å². The van der Waals surface area contributed by atoms with Crippen molar-refractivity contribution in [2.24, 2.45) is 11.8 Å². The second-order valence-corrected chi connectivity index (χ2v) is 7.42. The van der Waals surface area contributed by atoms with Crippen molar-refractivity contribution in [3.63, 3.8) is 0 Å². The Kier molecular flexibility index (Phi) is 6.67. The van der Waals surface area contributed by atoms with Crippen LogP contribution in [0.4, 0.5) is 0 Å². The first-order valence-corrected chi connectivity index (χ1v) is 7.98. The smallest absolute Gasteiger partial charge is 0.0730 e. The summed E-state index contributed by atoms with van der Waals surface area (Å²) < 4.78 is 1.32. The molecular weight excluding hydrogens is 280 g/mol. The molecule has 0 radical (unpaired) electrons. The van der Waals surface area contributed by atoms with Gasteiger partial charge in [0.25, 0.3) is 0 Å². The molecule has 0 nitrogen and oxygen atoms in total. The molecule has 0 spiro atoms. The summed E-state index contributed by atoms with van der Waals surface area (Å²) in [6, 6.07) is 2.25. The Morgan fingerprint density at radius 1 is 1.19 bits per heavy atom. The maximum Gasteiger partial charge on any atom is 0.0730 e. The van der Waals surface area contributed by atoms with Gasteiger partial charge in [0.15, 0.2) is 0 Å². The Hall–Kier alpha value is 0.180. The van der Waals surface area contributed by atoms with Crippen molar-refractivity contribution in [1.82, 2.24) is 0 Å². The summed E-state index contributed by atoms with van der Waals surface area (Å²) >= 11 is 5.40. The minimum absolute atomic E-state index is 0.859. The van der Waals surface area contributed by atoms with Crippen LogP contribution in [0.1, 0.15) is 52.0 Å². The summed E-state index contributed by atoms with van der Waals surface area (Å²) in [5.41, 5.74) is 1.49. The van der Waals surface area contributed by atoms with E-state index < -0.39 is 0 Å². The second-order valence-electron chi connectivity index (χ2n) is 5.19. The lowest BCUT2D eigenvalue weighted by molar-refractivity contribution is 0.437. The van der Waals surface area contributed by atoms with Crippen molar-refractivity contribution in [1.29, 1.82) is 0 Å². The Balaban J connectivity index is 2.15. The van der Waals surface area contributed by atoms with Gasteiger partial charge in [0.05, 0.1) is 3.79 Å². The quantitative estimate of drug-likeness (QED) is 0.588. The molecule has 16 heavy (non-hydrogen) atoms. The molecule has 0 saturated carbocycles. The predicted molar refractivity (Wildman–Crippen MR) is 78.2 cm³/mol. The lowest BCUT2D eigenvalue weighted by Crippen LogP contribution is -1.98. The highest BCUT2D eigenvalue weighted by molar-refractivity contribution is 9.11. The van der Waals surface area contributed by atoms with Crippen molar-refractivity contribution in [2.45, 2.75) is 52.9 Å². The minimum atomic E-state index is 0.859. The Bertz CT molecular complexity index is 291. The first kappa shape index (κ1) is 14.2. The molecule has 1 heterocycles. The van der Waals surface area contributed by atoms with E-state index in [1.54, 1.807) is 11.3 Å². The van der Waals surface area contributed by atoms with Gasteiger partial charge in [0.1, 0.15) is 0 Å². The highest BCUT2D eigenvalue weighted by Crippen LogP contribution is 2.26. The highest BCUT2D eigenvalue weighted by atomic mass is 79.9. The molecule has 1 aromatic heterocycles. The molecule has 0 bridgehead atoms. The number of thiophene rings is 1. The first-order chi connectivity index (χ1) is 7.59. The predicted octanol–water partition coefficient (Wildman–Crippen LogP) is 5.91. The number of hydrogen-bond donors (Lipinski definition) is 0. The average Bonchev–Trinajstić information content (AvgIpc) is 2.60. The molecular formula is C14H23BrS. The molecule has 92 valence electrons. The summed E-state index contributed by atoms with van der Waals surface area (Å²) in [7, 11) is 0. The van der Waals surface area contributed by atoms with E-state index in [-0.39, 0.29) is 0 Å². The van der Waals surface area contributed by atoms with E-state index >= 15 is 0 Å². The molecule has 0 amide bonds. The fourth-order valence-electron chi connectivity index (χ4n) is 1.92. The largest absolute Gasteiger partial charge is 0.137 e. The number of rotatable bonds is 7. The Labute approximate surface area is 113 Å². The first-order valence-electron chi connectivity index (χ1n) is 6.31. The molecule has 0 aromatic carbocycles. The highest BCUT2D eigenvalue weighted by Gasteiger charge is 2.06. The number of hydrogen-bond acceptors (Lipinski definition) is 1. The van der Waals surface area contributed by atoms with Gasteiger partial charge in [-0.15, -0.1) is 11.3 Å². The van der Waals surface area contributed by atoms with Gasteiger partial charge in [0, 0.05) is 0 Å². The standard InChI is InChI=1S/C14H23BrS/c1-11(2)5-4-6-12(3)7-8-13-9-10-16-14(13)15/h9-12H,4-8H2,1-3H3/t12-/m0/s1. The molecule has 2 heteroatoms. The van der Waals surface area contributed by atoms with Gasteiger partial charge in [0.2, 0.25) is 0 Å². The molecule has 1 atom stereocenters. The van der Waals surface area contributed by atoms with Crippen LogP contribution < -0.4 is 0 Å². The summed E-state index contributed by atoms with van der Waals surface area (Å²) in [6.45, 7) is 7.01. The van der Waals surface area contributed by atoms with Crippen molar-refractivity contribution in [3.8, 4) is 0 Å². The van der Waals surface area contributed by atoms with Crippen molar-refractivity contribution < 1.29 is 0 Å².